The Morgan fingerprint density at radius 1 is 1.45 bits per heavy atom. The number of nitrogens with two attached hydrogens (primary N) is 1. The van der Waals surface area contributed by atoms with Gasteiger partial charge in [-0.1, -0.05) is 0 Å². The first-order chi connectivity index (χ1) is 5.29. The fourth-order valence-electron chi connectivity index (χ4n) is 0.939. The minimum atomic E-state index is 0.797. The molecule has 0 aliphatic rings. The largest absolute Gasteiger partial charge is 0.398 e. The number of rotatable bonds is 0. The zero-order valence-corrected chi connectivity index (χ0v) is 7.95. The normalized spacial score (nSPS) is 10.6. The van der Waals surface area contributed by atoms with Crippen LogP contribution >= 0.6 is 27.3 Å². The van der Waals surface area contributed by atoms with Gasteiger partial charge in [-0.05, 0) is 28.1 Å². The quantitative estimate of drug-likeness (QED) is 0.705. The Bertz CT molecular complexity index is 360. The van der Waals surface area contributed by atoms with E-state index in [9.17, 15) is 0 Å². The Kier molecular flexibility index (Phi) is 1.58. The van der Waals surface area contributed by atoms with Crippen LogP contribution in [-0.4, -0.2) is 4.98 Å². The first-order valence-electron chi connectivity index (χ1n) is 3.06. The predicted octanol–water partition coefficient (Wildman–Crippen LogP) is 2.64. The third-order valence-electron chi connectivity index (χ3n) is 1.47. The second-order valence-electron chi connectivity index (χ2n) is 2.17. The lowest BCUT2D eigenvalue weighted by atomic mass is 10.3. The van der Waals surface area contributed by atoms with Gasteiger partial charge in [-0.2, -0.15) is 0 Å². The number of fused-ring (bicyclic) bond motifs is 1. The molecule has 11 heavy (non-hydrogen) atoms. The summed E-state index contributed by atoms with van der Waals surface area (Å²) in [7, 11) is 0. The fourth-order valence-corrected chi connectivity index (χ4v) is 2.24. The van der Waals surface area contributed by atoms with E-state index in [4.69, 9.17) is 5.73 Å². The molecule has 0 spiro atoms. The van der Waals surface area contributed by atoms with Gasteiger partial charge in [-0.15, -0.1) is 11.3 Å². The highest BCUT2D eigenvalue weighted by atomic mass is 79.9. The van der Waals surface area contributed by atoms with Crippen molar-refractivity contribution in [2.24, 2.45) is 0 Å². The molecule has 0 fully saturated rings. The molecule has 0 amide bonds. The number of thiazole rings is 1. The molecule has 0 saturated heterocycles. The van der Waals surface area contributed by atoms with Crippen molar-refractivity contribution in [3.05, 3.63) is 22.1 Å². The van der Waals surface area contributed by atoms with E-state index in [1.807, 2.05) is 12.1 Å². The number of anilines is 1. The second-order valence-corrected chi connectivity index (χ2v) is 3.88. The van der Waals surface area contributed by atoms with Gasteiger partial charge in [0.1, 0.15) is 0 Å². The van der Waals surface area contributed by atoms with Crippen LogP contribution in [0.5, 0.6) is 0 Å². The van der Waals surface area contributed by atoms with Gasteiger partial charge in [0, 0.05) is 4.47 Å². The number of hydrogen-bond donors (Lipinski definition) is 1. The van der Waals surface area contributed by atoms with Crippen molar-refractivity contribution in [1.29, 1.82) is 0 Å². The number of hydrogen-bond acceptors (Lipinski definition) is 3. The molecule has 0 aliphatic carbocycles. The SMILES string of the molecule is Nc1ccc(Br)c2ncsc12. The summed E-state index contributed by atoms with van der Waals surface area (Å²) < 4.78 is 2.06. The summed E-state index contributed by atoms with van der Waals surface area (Å²) in [4.78, 5) is 4.17. The summed E-state index contributed by atoms with van der Waals surface area (Å²) in [5.74, 6) is 0. The second kappa shape index (κ2) is 2.46. The lowest BCUT2D eigenvalue weighted by molar-refractivity contribution is 1.49. The number of benzene rings is 1. The summed E-state index contributed by atoms with van der Waals surface area (Å²) in [6.07, 6.45) is 0. The summed E-state index contributed by atoms with van der Waals surface area (Å²) in [5.41, 5.74) is 9.27. The van der Waals surface area contributed by atoms with E-state index in [1.54, 1.807) is 16.8 Å². The van der Waals surface area contributed by atoms with E-state index in [-0.39, 0.29) is 0 Å². The Labute approximate surface area is 76.2 Å². The Hall–Kier alpha value is -0.610. The van der Waals surface area contributed by atoms with E-state index in [2.05, 4.69) is 20.9 Å². The Balaban J connectivity index is 2.96. The average molecular weight is 229 g/mol. The van der Waals surface area contributed by atoms with Crippen LogP contribution in [-0.2, 0) is 0 Å². The first kappa shape index (κ1) is 7.06. The van der Waals surface area contributed by atoms with Gasteiger partial charge in [-0.3, -0.25) is 0 Å². The molecular weight excluding hydrogens is 224 g/mol. The average Bonchev–Trinajstić information content (AvgIpc) is 2.45. The van der Waals surface area contributed by atoms with Gasteiger partial charge >= 0.3 is 0 Å². The minimum absolute atomic E-state index is 0.797. The molecule has 2 aromatic rings. The zero-order chi connectivity index (χ0) is 7.84. The van der Waals surface area contributed by atoms with E-state index < -0.39 is 0 Å². The van der Waals surface area contributed by atoms with Crippen molar-refractivity contribution in [3.8, 4) is 0 Å². The number of halogens is 1. The monoisotopic (exact) mass is 228 g/mol. The third-order valence-corrected chi connectivity index (χ3v) is 2.98. The topological polar surface area (TPSA) is 38.9 Å². The molecule has 2 nitrogen and oxygen atoms in total. The molecule has 0 saturated carbocycles. The van der Waals surface area contributed by atoms with Crippen LogP contribution in [0, 0.1) is 0 Å². The first-order valence-corrected chi connectivity index (χ1v) is 4.73. The molecule has 56 valence electrons. The standard InChI is InChI=1S/C7H5BrN2S/c8-4-1-2-5(9)7-6(4)10-3-11-7/h1-3H,9H2. The summed E-state index contributed by atoms with van der Waals surface area (Å²) in [6, 6.07) is 3.79. The van der Waals surface area contributed by atoms with Crippen molar-refractivity contribution in [2.45, 2.75) is 0 Å². The molecule has 0 bridgehead atoms. The Morgan fingerprint density at radius 3 is 3.00 bits per heavy atom. The van der Waals surface area contributed by atoms with Crippen LogP contribution in [0.25, 0.3) is 10.2 Å². The van der Waals surface area contributed by atoms with Gasteiger partial charge in [0.05, 0.1) is 21.4 Å². The van der Waals surface area contributed by atoms with Gasteiger partial charge in [0.15, 0.2) is 0 Å². The molecule has 0 unspecified atom stereocenters. The van der Waals surface area contributed by atoms with Gasteiger partial charge in [0.2, 0.25) is 0 Å². The highest BCUT2D eigenvalue weighted by Gasteiger charge is 2.03. The van der Waals surface area contributed by atoms with Crippen molar-refractivity contribution >= 4 is 43.2 Å². The molecular formula is C7H5BrN2S. The van der Waals surface area contributed by atoms with Gasteiger partial charge < -0.3 is 5.73 Å². The molecule has 1 aromatic carbocycles. The zero-order valence-electron chi connectivity index (χ0n) is 5.54. The lowest BCUT2D eigenvalue weighted by Gasteiger charge is -1.95. The van der Waals surface area contributed by atoms with Gasteiger partial charge in [-0.25, -0.2) is 4.98 Å². The van der Waals surface area contributed by atoms with Crippen molar-refractivity contribution in [1.82, 2.24) is 4.98 Å². The van der Waals surface area contributed by atoms with Crippen molar-refractivity contribution in [3.63, 3.8) is 0 Å². The maximum atomic E-state index is 5.72. The number of aromatic nitrogens is 1. The van der Waals surface area contributed by atoms with E-state index >= 15 is 0 Å². The molecule has 0 atom stereocenters. The van der Waals surface area contributed by atoms with Crippen LogP contribution in [0.2, 0.25) is 0 Å². The van der Waals surface area contributed by atoms with Crippen LogP contribution < -0.4 is 5.73 Å². The molecule has 0 radical (unpaired) electrons. The summed E-state index contributed by atoms with van der Waals surface area (Å²) in [6.45, 7) is 0. The molecule has 4 heteroatoms. The maximum absolute atomic E-state index is 5.72. The van der Waals surface area contributed by atoms with Gasteiger partial charge in [0.25, 0.3) is 0 Å². The predicted molar refractivity (Wildman–Crippen MR) is 51.7 cm³/mol. The van der Waals surface area contributed by atoms with Crippen molar-refractivity contribution in [2.75, 3.05) is 5.73 Å². The Morgan fingerprint density at radius 2 is 2.27 bits per heavy atom. The summed E-state index contributed by atoms with van der Waals surface area (Å²) in [5, 5.41) is 0. The highest BCUT2D eigenvalue weighted by Crippen LogP contribution is 2.30. The van der Waals surface area contributed by atoms with Crippen LogP contribution in [0.3, 0.4) is 0 Å². The maximum Gasteiger partial charge on any atom is 0.0974 e. The molecule has 1 aromatic heterocycles. The molecule has 0 aliphatic heterocycles. The molecule has 1 heterocycles. The lowest BCUT2D eigenvalue weighted by Crippen LogP contribution is -1.83. The number of nitrogen functional groups attached to an aromatic ring is 1. The van der Waals surface area contributed by atoms with Crippen LogP contribution in [0.1, 0.15) is 0 Å². The van der Waals surface area contributed by atoms with Crippen LogP contribution in [0.4, 0.5) is 5.69 Å². The number of nitrogens with zero attached hydrogens (tertiary/aromatic N) is 1. The molecule has 2 N–H and O–H groups in total. The highest BCUT2D eigenvalue weighted by molar-refractivity contribution is 9.10. The third kappa shape index (κ3) is 1.02. The smallest absolute Gasteiger partial charge is 0.0974 e. The van der Waals surface area contributed by atoms with E-state index in [1.165, 1.54) is 0 Å². The van der Waals surface area contributed by atoms with Crippen molar-refractivity contribution < 1.29 is 0 Å². The minimum Gasteiger partial charge on any atom is -0.398 e. The fraction of sp³-hybridized carbons (Fsp3) is 0. The van der Waals surface area contributed by atoms with E-state index in [0.717, 1.165) is 20.4 Å². The van der Waals surface area contributed by atoms with E-state index in [0.29, 0.717) is 0 Å². The van der Waals surface area contributed by atoms with Crippen LogP contribution in [0.15, 0.2) is 22.1 Å². The summed E-state index contributed by atoms with van der Waals surface area (Å²) >= 11 is 4.96. The molecule has 2 rings (SSSR count).